The van der Waals surface area contributed by atoms with E-state index >= 15 is 0 Å². The molecule has 248 valence electrons. The lowest BCUT2D eigenvalue weighted by Gasteiger charge is -2.27. The molecular weight excluding hydrogens is 682 g/mol. The van der Waals surface area contributed by atoms with E-state index in [4.69, 9.17) is 0 Å². The summed E-state index contributed by atoms with van der Waals surface area (Å²) in [6, 6.07) is 79.8. The molecule has 0 radical (unpaired) electrons. The number of anilines is 3. The number of hydrogen-bond acceptors (Lipinski definition) is 1. The molecule has 8 aromatic rings. The quantitative estimate of drug-likeness (QED) is 0.158. The molecule has 0 amide bonds. The molecule has 51 heavy (non-hydrogen) atoms. The standard InChI is InChI=1S/C24H19N.C13H12.C12H9Br/c1-4-12-20(13-5-1)23-18-10-11-19-24(23)25(21-14-6-2-7-15-21)22-16-8-3-9-17-22;1-3-7-12(8-4-1)11-13-9-5-2-6-10-13;13-12-9-5-4-8-11(12)10-6-2-1-3-7-10/h1-19H;1-10H,11H2;1-9H. The minimum atomic E-state index is 1.03. The molecule has 0 aliphatic carbocycles. The molecule has 0 atom stereocenters. The Bertz CT molecular complexity index is 2080. The normalized spacial score (nSPS) is 10.1. The van der Waals surface area contributed by atoms with Crippen molar-refractivity contribution in [3.05, 3.63) is 246 Å². The number of rotatable bonds is 7. The molecule has 0 bridgehead atoms. The van der Waals surface area contributed by atoms with Gasteiger partial charge in [0.2, 0.25) is 0 Å². The Morgan fingerprint density at radius 3 is 1.10 bits per heavy atom. The third-order valence-corrected chi connectivity index (χ3v) is 9.00. The van der Waals surface area contributed by atoms with Crippen LogP contribution in [0.4, 0.5) is 17.1 Å². The molecule has 0 saturated carbocycles. The highest BCUT2D eigenvalue weighted by atomic mass is 79.9. The summed E-state index contributed by atoms with van der Waals surface area (Å²) < 4.78 is 1.14. The molecule has 0 N–H and O–H groups in total. The number of benzene rings is 8. The van der Waals surface area contributed by atoms with Crippen LogP contribution in [0.15, 0.2) is 235 Å². The minimum Gasteiger partial charge on any atom is -0.310 e. The largest absolute Gasteiger partial charge is 0.310 e. The van der Waals surface area contributed by atoms with E-state index in [-0.39, 0.29) is 0 Å². The van der Waals surface area contributed by atoms with Gasteiger partial charge in [-0.1, -0.05) is 210 Å². The van der Waals surface area contributed by atoms with Crippen LogP contribution in [0.1, 0.15) is 11.1 Å². The van der Waals surface area contributed by atoms with Gasteiger partial charge in [-0.15, -0.1) is 0 Å². The predicted octanol–water partition coefficient (Wildman–Crippen LogP) is 14.2. The summed E-state index contributed by atoms with van der Waals surface area (Å²) in [5, 5.41) is 0. The third kappa shape index (κ3) is 10.0. The van der Waals surface area contributed by atoms with Gasteiger partial charge in [-0.25, -0.2) is 0 Å². The predicted molar refractivity (Wildman–Crippen MR) is 222 cm³/mol. The van der Waals surface area contributed by atoms with Crippen LogP contribution in [0.3, 0.4) is 0 Å². The third-order valence-electron chi connectivity index (χ3n) is 8.31. The van der Waals surface area contributed by atoms with Gasteiger partial charge in [0.1, 0.15) is 0 Å². The van der Waals surface area contributed by atoms with Gasteiger partial charge in [0.05, 0.1) is 5.69 Å². The Labute approximate surface area is 311 Å². The Hall–Kier alpha value is -5.96. The highest BCUT2D eigenvalue weighted by Crippen LogP contribution is 2.40. The molecule has 0 aliphatic rings. The maximum atomic E-state index is 3.53. The van der Waals surface area contributed by atoms with E-state index in [1.54, 1.807) is 0 Å². The maximum Gasteiger partial charge on any atom is 0.0540 e. The summed E-state index contributed by atoms with van der Waals surface area (Å²) in [5.41, 5.74) is 11.1. The van der Waals surface area contributed by atoms with Crippen LogP contribution in [0.2, 0.25) is 0 Å². The van der Waals surface area contributed by atoms with Crippen LogP contribution in [0, 0.1) is 0 Å². The van der Waals surface area contributed by atoms with Gasteiger partial charge in [0.25, 0.3) is 0 Å². The van der Waals surface area contributed by atoms with Gasteiger partial charge < -0.3 is 4.90 Å². The van der Waals surface area contributed by atoms with E-state index in [1.165, 1.54) is 39.1 Å². The van der Waals surface area contributed by atoms with Crippen LogP contribution in [0.5, 0.6) is 0 Å². The molecule has 8 aromatic carbocycles. The van der Waals surface area contributed by atoms with E-state index in [0.717, 1.165) is 22.3 Å². The topological polar surface area (TPSA) is 3.24 Å². The molecule has 1 nitrogen and oxygen atoms in total. The SMILES string of the molecule is Brc1ccccc1-c1ccccc1.c1ccc(-c2ccccc2N(c2ccccc2)c2ccccc2)cc1.c1ccc(Cc2ccccc2)cc1. The van der Waals surface area contributed by atoms with Crippen LogP contribution < -0.4 is 4.90 Å². The van der Waals surface area contributed by atoms with Crippen molar-refractivity contribution in [3.8, 4) is 22.3 Å². The Kier molecular flexibility index (Phi) is 12.8. The Morgan fingerprint density at radius 1 is 0.314 bits per heavy atom. The molecule has 0 unspecified atom stereocenters. The minimum absolute atomic E-state index is 1.03. The van der Waals surface area contributed by atoms with Gasteiger partial charge in [-0.3, -0.25) is 0 Å². The highest BCUT2D eigenvalue weighted by Gasteiger charge is 2.16. The number of hydrogen-bond donors (Lipinski definition) is 0. The van der Waals surface area contributed by atoms with Gasteiger partial charge in [-0.05, 0) is 70.6 Å². The lowest BCUT2D eigenvalue weighted by molar-refractivity contribution is 1.19. The molecule has 8 rings (SSSR count). The summed E-state index contributed by atoms with van der Waals surface area (Å²) in [4.78, 5) is 2.31. The monoisotopic (exact) mass is 721 g/mol. The first-order chi connectivity index (χ1) is 25.3. The van der Waals surface area contributed by atoms with E-state index in [9.17, 15) is 0 Å². The highest BCUT2D eigenvalue weighted by molar-refractivity contribution is 9.10. The number of halogens is 1. The fourth-order valence-electron chi connectivity index (χ4n) is 5.85. The Balaban J connectivity index is 0.000000145. The summed E-state index contributed by atoms with van der Waals surface area (Å²) >= 11 is 3.53. The van der Waals surface area contributed by atoms with Crippen LogP contribution in [0.25, 0.3) is 22.3 Å². The van der Waals surface area contributed by atoms with Gasteiger partial charge in [0, 0.05) is 21.4 Å². The molecule has 0 saturated heterocycles. The van der Waals surface area contributed by atoms with Crippen molar-refractivity contribution >= 4 is 33.0 Å². The van der Waals surface area contributed by atoms with Crippen LogP contribution in [-0.4, -0.2) is 0 Å². The lowest BCUT2D eigenvalue weighted by Crippen LogP contribution is -2.10. The van der Waals surface area contributed by atoms with E-state index in [1.807, 2.05) is 18.2 Å². The Morgan fingerprint density at radius 2 is 0.647 bits per heavy atom. The van der Waals surface area contributed by atoms with Crippen molar-refractivity contribution < 1.29 is 0 Å². The molecule has 0 spiro atoms. The molecule has 0 aliphatic heterocycles. The summed E-state index contributed by atoms with van der Waals surface area (Å²) in [7, 11) is 0. The molecule has 0 heterocycles. The summed E-state index contributed by atoms with van der Waals surface area (Å²) in [5.74, 6) is 0. The molecule has 0 fully saturated rings. The van der Waals surface area contributed by atoms with Crippen molar-refractivity contribution in [1.29, 1.82) is 0 Å². The maximum absolute atomic E-state index is 3.53. The van der Waals surface area contributed by atoms with Crippen molar-refractivity contribution in [3.63, 3.8) is 0 Å². The van der Waals surface area contributed by atoms with E-state index in [0.29, 0.717) is 0 Å². The van der Waals surface area contributed by atoms with Crippen LogP contribution >= 0.6 is 15.9 Å². The fraction of sp³-hybridized carbons (Fsp3) is 0.0204. The van der Waals surface area contributed by atoms with Crippen molar-refractivity contribution in [2.75, 3.05) is 4.90 Å². The van der Waals surface area contributed by atoms with Crippen molar-refractivity contribution in [2.45, 2.75) is 6.42 Å². The number of para-hydroxylation sites is 3. The number of nitrogens with zero attached hydrogens (tertiary/aromatic N) is 1. The second-order valence-electron chi connectivity index (χ2n) is 11.9. The second-order valence-corrected chi connectivity index (χ2v) is 12.7. The zero-order valence-corrected chi connectivity index (χ0v) is 30.1. The molecule has 0 aromatic heterocycles. The van der Waals surface area contributed by atoms with Gasteiger partial charge >= 0.3 is 0 Å². The average Bonchev–Trinajstić information content (AvgIpc) is 3.21. The fourth-order valence-corrected chi connectivity index (χ4v) is 6.37. The smallest absolute Gasteiger partial charge is 0.0540 e. The van der Waals surface area contributed by atoms with Crippen molar-refractivity contribution in [2.24, 2.45) is 0 Å². The lowest BCUT2D eigenvalue weighted by atomic mass is 10.0. The first-order valence-corrected chi connectivity index (χ1v) is 18.0. The van der Waals surface area contributed by atoms with E-state index in [2.05, 4.69) is 233 Å². The molecule has 2 heteroatoms. The zero-order chi connectivity index (χ0) is 34.9. The first-order valence-electron chi connectivity index (χ1n) is 17.2. The van der Waals surface area contributed by atoms with Gasteiger partial charge in [0.15, 0.2) is 0 Å². The zero-order valence-electron chi connectivity index (χ0n) is 28.5. The van der Waals surface area contributed by atoms with Crippen LogP contribution in [-0.2, 0) is 6.42 Å². The first kappa shape index (κ1) is 34.9. The molecular formula is C49H40BrN. The second kappa shape index (κ2) is 18.7. The summed E-state index contributed by atoms with van der Waals surface area (Å²) in [6.07, 6.45) is 1.03. The van der Waals surface area contributed by atoms with Crippen molar-refractivity contribution in [1.82, 2.24) is 0 Å². The summed E-state index contributed by atoms with van der Waals surface area (Å²) in [6.45, 7) is 0. The average molecular weight is 723 g/mol. The van der Waals surface area contributed by atoms with Gasteiger partial charge in [-0.2, -0.15) is 0 Å². The van der Waals surface area contributed by atoms with E-state index < -0.39 is 0 Å².